The molecule has 0 radical (unpaired) electrons. The van der Waals surface area contributed by atoms with E-state index < -0.39 is 0 Å². The lowest BCUT2D eigenvalue weighted by Crippen LogP contribution is -2.02. The third-order valence-corrected chi connectivity index (χ3v) is 3.26. The molecule has 0 aliphatic heterocycles. The maximum Gasteiger partial charge on any atom is 0.100 e. The van der Waals surface area contributed by atoms with Crippen molar-refractivity contribution in [3.63, 3.8) is 0 Å². The Morgan fingerprint density at radius 2 is 1.05 bits per heavy atom. The minimum Gasteiger partial charge on any atom is -0.158 e. The fourth-order valence-electron chi connectivity index (χ4n) is 2.17. The van der Waals surface area contributed by atoms with E-state index in [1.165, 1.54) is 0 Å². The highest BCUT2D eigenvalue weighted by molar-refractivity contribution is 6.12. The van der Waals surface area contributed by atoms with Crippen LogP contribution in [0.2, 0.25) is 0 Å². The summed E-state index contributed by atoms with van der Waals surface area (Å²) in [5, 5.41) is 8.70. The molecule has 3 aromatic carbocycles. The summed E-state index contributed by atoms with van der Waals surface area (Å²) < 4.78 is 0. The van der Waals surface area contributed by atoms with Crippen molar-refractivity contribution in [1.29, 1.82) is 0 Å². The molecule has 0 spiro atoms. The second-order valence-electron chi connectivity index (χ2n) is 4.84. The molecule has 0 aromatic heterocycles. The van der Waals surface area contributed by atoms with Crippen molar-refractivity contribution in [2.45, 2.75) is 0 Å². The predicted octanol–water partition coefficient (Wildman–Crippen LogP) is 4.56. The monoisotopic (exact) mass is 284 g/mol. The van der Waals surface area contributed by atoms with Gasteiger partial charge in [-0.15, -0.1) is 5.10 Å². The number of benzene rings is 3. The van der Waals surface area contributed by atoms with Crippen LogP contribution in [0.4, 0.5) is 0 Å². The molecule has 3 aromatic rings. The molecule has 2 heteroatoms. The zero-order valence-corrected chi connectivity index (χ0v) is 12.1. The smallest absolute Gasteiger partial charge is 0.100 e. The van der Waals surface area contributed by atoms with E-state index in [1.54, 1.807) is 6.21 Å². The molecule has 22 heavy (non-hydrogen) atoms. The largest absolute Gasteiger partial charge is 0.158 e. The van der Waals surface area contributed by atoms with Gasteiger partial charge in [-0.25, -0.2) is 0 Å². The minimum atomic E-state index is 0.869. The molecule has 0 atom stereocenters. The van der Waals surface area contributed by atoms with Crippen molar-refractivity contribution in [3.8, 4) is 0 Å². The average Bonchev–Trinajstić information content (AvgIpc) is 2.61. The standard InChI is InChI=1S/C20H16N2/c1-4-10-17(11-5-1)16-21-22-20(18-12-6-2-7-13-18)19-14-8-3-9-15-19/h1-16H. The van der Waals surface area contributed by atoms with Gasteiger partial charge < -0.3 is 0 Å². The Morgan fingerprint density at radius 3 is 1.55 bits per heavy atom. The van der Waals surface area contributed by atoms with Crippen molar-refractivity contribution in [1.82, 2.24) is 0 Å². The van der Waals surface area contributed by atoms with Crippen molar-refractivity contribution in [3.05, 3.63) is 108 Å². The van der Waals surface area contributed by atoms with Gasteiger partial charge in [-0.1, -0.05) is 91.0 Å². The summed E-state index contributed by atoms with van der Waals surface area (Å²) in [6.45, 7) is 0. The van der Waals surface area contributed by atoms with Crippen LogP contribution in [-0.2, 0) is 0 Å². The third-order valence-electron chi connectivity index (χ3n) is 3.26. The summed E-state index contributed by atoms with van der Waals surface area (Å²) in [6.07, 6.45) is 1.77. The molecule has 0 saturated heterocycles. The number of hydrogen-bond acceptors (Lipinski definition) is 2. The average molecular weight is 284 g/mol. The van der Waals surface area contributed by atoms with Gasteiger partial charge in [0, 0.05) is 11.1 Å². The normalized spacial score (nSPS) is 10.5. The SMILES string of the molecule is C(=NN=C(c1ccccc1)c1ccccc1)c1ccccc1. The summed E-state index contributed by atoms with van der Waals surface area (Å²) in [5.41, 5.74) is 4.01. The Balaban J connectivity index is 1.96. The Labute approximate surface area is 130 Å². The highest BCUT2D eigenvalue weighted by Crippen LogP contribution is 2.11. The van der Waals surface area contributed by atoms with Crippen molar-refractivity contribution in [2.24, 2.45) is 10.2 Å². The van der Waals surface area contributed by atoms with Crippen molar-refractivity contribution >= 4 is 11.9 Å². The van der Waals surface area contributed by atoms with Gasteiger partial charge in [-0.05, 0) is 5.56 Å². The first-order valence-corrected chi connectivity index (χ1v) is 7.20. The van der Waals surface area contributed by atoms with E-state index in [2.05, 4.69) is 10.2 Å². The fourth-order valence-corrected chi connectivity index (χ4v) is 2.17. The van der Waals surface area contributed by atoms with Crippen LogP contribution in [0.15, 0.2) is 101 Å². The Hall–Kier alpha value is -3.00. The van der Waals surface area contributed by atoms with E-state index in [4.69, 9.17) is 0 Å². The van der Waals surface area contributed by atoms with Crippen LogP contribution in [0.1, 0.15) is 16.7 Å². The van der Waals surface area contributed by atoms with Crippen molar-refractivity contribution in [2.75, 3.05) is 0 Å². The van der Waals surface area contributed by atoms with Crippen LogP contribution in [-0.4, -0.2) is 11.9 Å². The number of rotatable bonds is 4. The maximum absolute atomic E-state index is 4.45. The molecule has 106 valence electrons. The molecule has 0 aliphatic carbocycles. The first-order chi connectivity index (χ1) is 10.9. The first-order valence-electron chi connectivity index (χ1n) is 7.20. The molecule has 3 rings (SSSR count). The van der Waals surface area contributed by atoms with Gasteiger partial charge in [0.05, 0.1) is 6.21 Å². The topological polar surface area (TPSA) is 24.7 Å². The van der Waals surface area contributed by atoms with E-state index >= 15 is 0 Å². The predicted molar refractivity (Wildman–Crippen MR) is 92.6 cm³/mol. The number of nitrogens with zero attached hydrogens (tertiary/aromatic N) is 2. The molecular formula is C20H16N2. The van der Waals surface area contributed by atoms with Crippen LogP contribution in [0.3, 0.4) is 0 Å². The molecule has 2 nitrogen and oxygen atoms in total. The van der Waals surface area contributed by atoms with Gasteiger partial charge in [0.15, 0.2) is 0 Å². The third kappa shape index (κ3) is 3.55. The maximum atomic E-state index is 4.45. The Bertz CT molecular complexity index is 719. The van der Waals surface area contributed by atoms with Gasteiger partial charge in [0.1, 0.15) is 5.71 Å². The summed E-state index contributed by atoms with van der Waals surface area (Å²) in [5.74, 6) is 0. The van der Waals surface area contributed by atoms with Crippen LogP contribution >= 0.6 is 0 Å². The Kier molecular flexibility index (Phi) is 4.53. The van der Waals surface area contributed by atoms with Crippen molar-refractivity contribution < 1.29 is 0 Å². The lowest BCUT2D eigenvalue weighted by atomic mass is 10.0. The number of hydrogen-bond donors (Lipinski definition) is 0. The second-order valence-corrected chi connectivity index (χ2v) is 4.84. The molecule has 0 heterocycles. The van der Waals surface area contributed by atoms with Crippen LogP contribution in [0.25, 0.3) is 0 Å². The van der Waals surface area contributed by atoms with Crippen LogP contribution < -0.4 is 0 Å². The van der Waals surface area contributed by atoms with E-state index in [-0.39, 0.29) is 0 Å². The van der Waals surface area contributed by atoms with E-state index in [1.807, 2.05) is 91.0 Å². The molecule has 0 bridgehead atoms. The first kappa shape index (κ1) is 14.0. The summed E-state index contributed by atoms with van der Waals surface area (Å²) in [7, 11) is 0. The minimum absolute atomic E-state index is 0.869. The second kappa shape index (κ2) is 7.14. The zero-order valence-electron chi connectivity index (χ0n) is 12.1. The molecule has 0 saturated carbocycles. The van der Waals surface area contributed by atoms with Crippen LogP contribution in [0.5, 0.6) is 0 Å². The lowest BCUT2D eigenvalue weighted by molar-refractivity contribution is 1.24. The zero-order chi connectivity index (χ0) is 15.0. The quantitative estimate of drug-likeness (QED) is 0.496. The molecule has 0 N–H and O–H groups in total. The summed E-state index contributed by atoms with van der Waals surface area (Å²) >= 11 is 0. The van der Waals surface area contributed by atoms with Gasteiger partial charge in [-0.3, -0.25) is 0 Å². The van der Waals surface area contributed by atoms with E-state index in [0.717, 1.165) is 22.4 Å². The van der Waals surface area contributed by atoms with Gasteiger partial charge in [-0.2, -0.15) is 5.10 Å². The highest BCUT2D eigenvalue weighted by atomic mass is 15.2. The molecule has 0 unspecified atom stereocenters. The van der Waals surface area contributed by atoms with Crippen LogP contribution in [0, 0.1) is 0 Å². The van der Waals surface area contributed by atoms with Gasteiger partial charge in [0.2, 0.25) is 0 Å². The molecular weight excluding hydrogens is 268 g/mol. The fraction of sp³-hybridized carbons (Fsp3) is 0. The molecule has 0 aliphatic rings. The van der Waals surface area contributed by atoms with Gasteiger partial charge >= 0.3 is 0 Å². The van der Waals surface area contributed by atoms with E-state index in [9.17, 15) is 0 Å². The molecule has 0 amide bonds. The lowest BCUT2D eigenvalue weighted by Gasteiger charge is -2.04. The highest BCUT2D eigenvalue weighted by Gasteiger charge is 2.05. The van der Waals surface area contributed by atoms with E-state index in [0.29, 0.717) is 0 Å². The van der Waals surface area contributed by atoms with Gasteiger partial charge in [0.25, 0.3) is 0 Å². The Morgan fingerprint density at radius 1 is 0.591 bits per heavy atom. The summed E-state index contributed by atoms with van der Waals surface area (Å²) in [6, 6.07) is 30.2. The summed E-state index contributed by atoms with van der Waals surface area (Å²) in [4.78, 5) is 0. The molecule has 0 fully saturated rings.